The van der Waals surface area contributed by atoms with Crippen molar-refractivity contribution in [2.24, 2.45) is 11.5 Å². The first-order valence-electron chi connectivity index (χ1n) is 3.26. The van der Waals surface area contributed by atoms with Crippen LogP contribution in [0.5, 0.6) is 0 Å². The van der Waals surface area contributed by atoms with Crippen molar-refractivity contribution < 1.29 is 0 Å². The highest BCUT2D eigenvalue weighted by Crippen LogP contribution is 2.25. The summed E-state index contributed by atoms with van der Waals surface area (Å²) in [6.45, 7) is 0.660. The van der Waals surface area contributed by atoms with E-state index in [0.717, 1.165) is 12.8 Å². The fourth-order valence-electron chi connectivity index (χ4n) is 1.28. The first kappa shape index (κ1) is 6.05. The summed E-state index contributed by atoms with van der Waals surface area (Å²) >= 11 is 0. The van der Waals surface area contributed by atoms with Gasteiger partial charge in [-0.25, -0.2) is 0 Å². The van der Waals surface area contributed by atoms with Gasteiger partial charge < -0.3 is 11.5 Å². The minimum Gasteiger partial charge on any atom is -0.329 e. The van der Waals surface area contributed by atoms with Crippen LogP contribution in [0.1, 0.15) is 25.7 Å². The number of hydrogen-bond acceptors (Lipinski definition) is 2. The van der Waals surface area contributed by atoms with Gasteiger partial charge in [0.15, 0.2) is 0 Å². The minimum atomic E-state index is 0.0139. The molecule has 0 saturated heterocycles. The van der Waals surface area contributed by atoms with Crippen molar-refractivity contribution in [1.82, 2.24) is 0 Å². The average Bonchev–Trinajstić information content (AvgIpc) is 2.17. The highest BCUT2D eigenvalue weighted by atomic mass is 14.8. The largest absolute Gasteiger partial charge is 0.329 e. The lowest BCUT2D eigenvalue weighted by atomic mass is 10.0. The Kier molecular flexibility index (Phi) is 1.54. The lowest BCUT2D eigenvalue weighted by molar-refractivity contribution is 0.451. The van der Waals surface area contributed by atoms with E-state index in [0.29, 0.717) is 6.54 Å². The molecule has 1 fully saturated rings. The van der Waals surface area contributed by atoms with Gasteiger partial charge in [0, 0.05) is 12.1 Å². The first-order valence-corrected chi connectivity index (χ1v) is 3.26. The van der Waals surface area contributed by atoms with Gasteiger partial charge in [-0.2, -0.15) is 0 Å². The van der Waals surface area contributed by atoms with E-state index in [2.05, 4.69) is 0 Å². The van der Waals surface area contributed by atoms with Crippen LogP contribution in [0, 0.1) is 0 Å². The van der Waals surface area contributed by atoms with Crippen molar-refractivity contribution in [3.05, 3.63) is 0 Å². The molecule has 0 aromatic heterocycles. The second-order valence-corrected chi connectivity index (χ2v) is 2.77. The van der Waals surface area contributed by atoms with E-state index < -0.39 is 0 Å². The van der Waals surface area contributed by atoms with Gasteiger partial charge in [0.1, 0.15) is 0 Å². The molecule has 0 bridgehead atoms. The highest BCUT2D eigenvalue weighted by molar-refractivity contribution is 4.89. The summed E-state index contributed by atoms with van der Waals surface area (Å²) in [6, 6.07) is 0. The molecule has 0 radical (unpaired) electrons. The lowest BCUT2D eigenvalue weighted by Crippen LogP contribution is -2.43. The average molecular weight is 114 g/mol. The van der Waals surface area contributed by atoms with Crippen molar-refractivity contribution in [3.63, 3.8) is 0 Å². The fraction of sp³-hybridized carbons (Fsp3) is 1.00. The van der Waals surface area contributed by atoms with Crippen molar-refractivity contribution in [2.75, 3.05) is 6.54 Å². The maximum absolute atomic E-state index is 5.83. The molecule has 1 aliphatic rings. The van der Waals surface area contributed by atoms with Gasteiger partial charge in [0.05, 0.1) is 0 Å². The predicted molar refractivity (Wildman–Crippen MR) is 34.4 cm³/mol. The molecule has 2 nitrogen and oxygen atoms in total. The zero-order valence-electron chi connectivity index (χ0n) is 5.19. The Bertz CT molecular complexity index is 74.6. The SMILES string of the molecule is NCC1(N)CCCC1. The van der Waals surface area contributed by atoms with Crippen LogP contribution in [-0.4, -0.2) is 12.1 Å². The Labute approximate surface area is 50.2 Å². The van der Waals surface area contributed by atoms with Crippen LogP contribution in [0.3, 0.4) is 0 Å². The van der Waals surface area contributed by atoms with Gasteiger partial charge in [0.2, 0.25) is 0 Å². The maximum Gasteiger partial charge on any atom is 0.0278 e. The molecular weight excluding hydrogens is 100 g/mol. The van der Waals surface area contributed by atoms with Crippen LogP contribution >= 0.6 is 0 Å². The van der Waals surface area contributed by atoms with Crippen LogP contribution in [0.2, 0.25) is 0 Å². The van der Waals surface area contributed by atoms with E-state index in [1.165, 1.54) is 12.8 Å². The molecule has 0 amide bonds. The Morgan fingerprint density at radius 1 is 1.25 bits per heavy atom. The molecule has 2 heteroatoms. The van der Waals surface area contributed by atoms with Crippen molar-refractivity contribution in [3.8, 4) is 0 Å². The zero-order valence-corrected chi connectivity index (χ0v) is 5.19. The Morgan fingerprint density at radius 2 is 1.75 bits per heavy atom. The molecule has 0 heterocycles. The third-order valence-corrected chi connectivity index (χ3v) is 2.01. The molecule has 1 rings (SSSR count). The third-order valence-electron chi connectivity index (χ3n) is 2.01. The van der Waals surface area contributed by atoms with Crippen molar-refractivity contribution in [2.45, 2.75) is 31.2 Å². The summed E-state index contributed by atoms with van der Waals surface area (Å²) in [7, 11) is 0. The molecular formula is C6H14N2. The van der Waals surface area contributed by atoms with Gasteiger partial charge in [-0.1, -0.05) is 12.8 Å². The second-order valence-electron chi connectivity index (χ2n) is 2.77. The number of rotatable bonds is 1. The third kappa shape index (κ3) is 1.01. The van der Waals surface area contributed by atoms with Crippen LogP contribution in [0.25, 0.3) is 0 Å². The van der Waals surface area contributed by atoms with Crippen LogP contribution in [0.4, 0.5) is 0 Å². The van der Waals surface area contributed by atoms with Gasteiger partial charge >= 0.3 is 0 Å². The molecule has 8 heavy (non-hydrogen) atoms. The van der Waals surface area contributed by atoms with Crippen molar-refractivity contribution in [1.29, 1.82) is 0 Å². The molecule has 0 unspecified atom stereocenters. The second kappa shape index (κ2) is 2.03. The Morgan fingerprint density at radius 3 is 2.00 bits per heavy atom. The highest BCUT2D eigenvalue weighted by Gasteiger charge is 2.26. The standard InChI is InChI=1S/C6H14N2/c7-5-6(8)3-1-2-4-6/h1-5,7-8H2. The van der Waals surface area contributed by atoms with Crippen LogP contribution in [0.15, 0.2) is 0 Å². The molecule has 0 atom stereocenters. The van der Waals surface area contributed by atoms with E-state index in [9.17, 15) is 0 Å². The summed E-state index contributed by atoms with van der Waals surface area (Å²) in [5, 5.41) is 0. The van der Waals surface area contributed by atoms with Crippen LogP contribution < -0.4 is 11.5 Å². The van der Waals surface area contributed by atoms with E-state index in [1.54, 1.807) is 0 Å². The Balaban J connectivity index is 2.40. The minimum absolute atomic E-state index is 0.0139. The molecule has 1 saturated carbocycles. The Hall–Kier alpha value is -0.0800. The smallest absolute Gasteiger partial charge is 0.0278 e. The number of hydrogen-bond donors (Lipinski definition) is 2. The topological polar surface area (TPSA) is 52.0 Å². The predicted octanol–water partition coefficient (Wildman–Crippen LogP) is 0.217. The molecule has 48 valence electrons. The van der Waals surface area contributed by atoms with E-state index in [1.807, 2.05) is 0 Å². The zero-order chi connectivity index (χ0) is 6.04. The molecule has 4 N–H and O–H groups in total. The summed E-state index contributed by atoms with van der Waals surface area (Å²) in [4.78, 5) is 0. The summed E-state index contributed by atoms with van der Waals surface area (Å²) in [5.41, 5.74) is 11.3. The number of nitrogens with two attached hydrogens (primary N) is 2. The first-order chi connectivity index (χ1) is 3.77. The summed E-state index contributed by atoms with van der Waals surface area (Å²) in [6.07, 6.45) is 4.80. The van der Waals surface area contributed by atoms with Gasteiger partial charge in [-0.3, -0.25) is 0 Å². The van der Waals surface area contributed by atoms with E-state index in [-0.39, 0.29) is 5.54 Å². The van der Waals surface area contributed by atoms with E-state index >= 15 is 0 Å². The molecule has 0 spiro atoms. The molecule has 0 aliphatic heterocycles. The summed E-state index contributed by atoms with van der Waals surface area (Å²) in [5.74, 6) is 0. The summed E-state index contributed by atoms with van der Waals surface area (Å²) < 4.78 is 0. The quantitative estimate of drug-likeness (QED) is 0.512. The molecule has 0 aromatic rings. The van der Waals surface area contributed by atoms with Gasteiger partial charge in [-0.05, 0) is 12.8 Å². The normalized spacial score (nSPS) is 26.2. The molecule has 0 aromatic carbocycles. The van der Waals surface area contributed by atoms with Crippen molar-refractivity contribution >= 4 is 0 Å². The van der Waals surface area contributed by atoms with Gasteiger partial charge in [0.25, 0.3) is 0 Å². The van der Waals surface area contributed by atoms with E-state index in [4.69, 9.17) is 11.5 Å². The molecule has 1 aliphatic carbocycles. The lowest BCUT2D eigenvalue weighted by Gasteiger charge is -2.19. The monoisotopic (exact) mass is 114 g/mol. The van der Waals surface area contributed by atoms with Gasteiger partial charge in [-0.15, -0.1) is 0 Å². The fourth-order valence-corrected chi connectivity index (χ4v) is 1.28. The maximum atomic E-state index is 5.83. The van der Waals surface area contributed by atoms with Crippen LogP contribution in [-0.2, 0) is 0 Å².